The highest BCUT2D eigenvalue weighted by molar-refractivity contribution is 7.89. The van der Waals surface area contributed by atoms with E-state index in [4.69, 9.17) is 9.57 Å². The first-order valence-corrected chi connectivity index (χ1v) is 11.1. The highest BCUT2D eigenvalue weighted by Gasteiger charge is 2.42. The second-order valence-corrected chi connectivity index (χ2v) is 8.98. The number of hydroxylamine groups is 2. The van der Waals surface area contributed by atoms with Crippen LogP contribution in [-0.4, -0.2) is 38.5 Å². The molecule has 0 spiro atoms. The summed E-state index contributed by atoms with van der Waals surface area (Å²) in [5.74, 6) is 0.706. The lowest BCUT2D eigenvalue weighted by molar-refractivity contribution is -0.265. The smallest absolute Gasteiger partial charge is 0.244 e. The lowest BCUT2D eigenvalue weighted by Gasteiger charge is -2.44. The first kappa shape index (κ1) is 20.6. The summed E-state index contributed by atoms with van der Waals surface area (Å²) in [4.78, 5) is 6.41. The molecule has 6 nitrogen and oxygen atoms in total. The van der Waals surface area contributed by atoms with Crippen LogP contribution >= 0.6 is 0 Å². The number of hydrogen-bond donors (Lipinski definition) is 0. The summed E-state index contributed by atoms with van der Waals surface area (Å²) < 4.78 is 34.0. The lowest BCUT2D eigenvalue weighted by atomic mass is 10.1. The largest absolute Gasteiger partial charge is 0.497 e. The number of benzene rings is 3. The van der Waals surface area contributed by atoms with Crippen LogP contribution < -0.4 is 4.74 Å². The van der Waals surface area contributed by atoms with Crippen molar-refractivity contribution in [2.45, 2.75) is 17.2 Å². The highest BCUT2D eigenvalue weighted by Crippen LogP contribution is 2.39. The van der Waals surface area contributed by atoms with Gasteiger partial charge in [-0.3, -0.25) is 4.84 Å². The molecule has 0 aromatic heterocycles. The Morgan fingerprint density at radius 3 is 2.07 bits per heavy atom. The van der Waals surface area contributed by atoms with Crippen LogP contribution in [0.15, 0.2) is 89.8 Å². The van der Waals surface area contributed by atoms with Gasteiger partial charge in [-0.1, -0.05) is 60.7 Å². The molecular formula is C23H24N2O4S. The molecule has 0 aliphatic carbocycles. The van der Waals surface area contributed by atoms with Gasteiger partial charge < -0.3 is 4.74 Å². The molecule has 1 aliphatic heterocycles. The molecule has 1 heterocycles. The van der Waals surface area contributed by atoms with Crippen molar-refractivity contribution >= 4 is 10.0 Å². The molecule has 156 valence electrons. The molecule has 3 aromatic rings. The Morgan fingerprint density at radius 2 is 1.47 bits per heavy atom. The third-order valence-electron chi connectivity index (χ3n) is 5.19. The standard InChI is InChI=1S/C23H24N2O4S/c1-24-23(19-13-15-20(28-2)16-14-19)25(30(26,27)21-11-7-4-8-12-21)17-22(29-24)18-9-5-3-6-10-18/h3-16,22-23H,17H2,1-2H3/t22-,23+/m1/s1. The third-order valence-corrected chi connectivity index (χ3v) is 7.03. The summed E-state index contributed by atoms with van der Waals surface area (Å²) in [5, 5.41) is 1.61. The number of hydrogen-bond acceptors (Lipinski definition) is 5. The molecule has 1 fully saturated rings. The lowest BCUT2D eigenvalue weighted by Crippen LogP contribution is -2.50. The van der Waals surface area contributed by atoms with Crippen LogP contribution in [0, 0.1) is 0 Å². The SMILES string of the molecule is COc1ccc([C@H]2N(C)O[C@@H](c3ccccc3)CN2S(=O)(=O)c2ccccc2)cc1. The fourth-order valence-electron chi connectivity index (χ4n) is 3.68. The summed E-state index contributed by atoms with van der Waals surface area (Å²) in [6, 6.07) is 25.5. The van der Waals surface area contributed by atoms with E-state index in [2.05, 4.69) is 0 Å². The van der Waals surface area contributed by atoms with Gasteiger partial charge in [-0.15, -0.1) is 0 Å². The molecular weight excluding hydrogens is 400 g/mol. The zero-order chi connectivity index (χ0) is 21.1. The molecule has 2 atom stereocenters. The predicted octanol–water partition coefficient (Wildman–Crippen LogP) is 4.00. The van der Waals surface area contributed by atoms with Crippen LogP contribution in [0.25, 0.3) is 0 Å². The minimum atomic E-state index is -3.77. The normalized spacial score (nSPS) is 20.7. The Morgan fingerprint density at radius 1 is 0.867 bits per heavy atom. The van der Waals surface area contributed by atoms with Gasteiger partial charge in [0.25, 0.3) is 0 Å². The van der Waals surface area contributed by atoms with Crippen LogP contribution in [0.5, 0.6) is 5.75 Å². The third kappa shape index (κ3) is 3.97. The summed E-state index contributed by atoms with van der Waals surface area (Å²) in [5.41, 5.74) is 1.72. The van der Waals surface area contributed by atoms with Gasteiger partial charge in [0.15, 0.2) is 0 Å². The molecule has 0 saturated carbocycles. The quantitative estimate of drug-likeness (QED) is 0.620. The maximum Gasteiger partial charge on any atom is 0.244 e. The predicted molar refractivity (Wildman–Crippen MR) is 114 cm³/mol. The Labute approximate surface area is 177 Å². The fourth-order valence-corrected chi connectivity index (χ4v) is 5.30. The van der Waals surface area contributed by atoms with Crippen molar-refractivity contribution < 1.29 is 18.0 Å². The number of sulfonamides is 1. The van der Waals surface area contributed by atoms with Gasteiger partial charge in [-0.25, -0.2) is 8.42 Å². The van der Waals surface area contributed by atoms with Gasteiger partial charge >= 0.3 is 0 Å². The monoisotopic (exact) mass is 424 g/mol. The summed E-state index contributed by atoms with van der Waals surface area (Å²) in [6.45, 7) is 0.197. The average molecular weight is 425 g/mol. The molecule has 3 aromatic carbocycles. The zero-order valence-corrected chi connectivity index (χ0v) is 17.7. The molecule has 0 radical (unpaired) electrons. The van der Waals surface area contributed by atoms with E-state index in [1.165, 1.54) is 4.31 Å². The minimum Gasteiger partial charge on any atom is -0.497 e. The van der Waals surface area contributed by atoms with Gasteiger partial charge in [0, 0.05) is 13.6 Å². The Bertz CT molecular complexity index is 1070. The van der Waals surface area contributed by atoms with E-state index in [1.807, 2.05) is 54.6 Å². The summed E-state index contributed by atoms with van der Waals surface area (Å²) in [7, 11) is -0.408. The maximum atomic E-state index is 13.6. The molecule has 30 heavy (non-hydrogen) atoms. The first-order chi connectivity index (χ1) is 14.5. The van der Waals surface area contributed by atoms with Crippen LogP contribution in [0.1, 0.15) is 23.4 Å². The van der Waals surface area contributed by atoms with Crippen LogP contribution in [-0.2, 0) is 14.9 Å². The van der Waals surface area contributed by atoms with Gasteiger partial charge in [0.2, 0.25) is 10.0 Å². The van der Waals surface area contributed by atoms with Crippen molar-refractivity contribution in [3.8, 4) is 5.75 Å². The molecule has 1 aliphatic rings. The van der Waals surface area contributed by atoms with E-state index < -0.39 is 22.3 Å². The molecule has 0 bridgehead atoms. The van der Waals surface area contributed by atoms with Gasteiger partial charge in [0.1, 0.15) is 18.0 Å². The number of rotatable bonds is 5. The topological polar surface area (TPSA) is 59.1 Å². The van der Waals surface area contributed by atoms with Crippen molar-refractivity contribution in [3.63, 3.8) is 0 Å². The Balaban J connectivity index is 1.77. The van der Waals surface area contributed by atoms with Crippen LogP contribution in [0.2, 0.25) is 0 Å². The van der Waals surface area contributed by atoms with E-state index in [0.29, 0.717) is 5.75 Å². The zero-order valence-electron chi connectivity index (χ0n) is 16.9. The summed E-state index contributed by atoms with van der Waals surface area (Å²) >= 11 is 0. The number of methoxy groups -OCH3 is 1. The van der Waals surface area contributed by atoms with Gasteiger partial charge in [0.05, 0.1) is 12.0 Å². The highest BCUT2D eigenvalue weighted by atomic mass is 32.2. The second kappa shape index (κ2) is 8.57. The van der Waals surface area contributed by atoms with Crippen LogP contribution in [0.3, 0.4) is 0 Å². The van der Waals surface area contributed by atoms with E-state index in [-0.39, 0.29) is 11.4 Å². The second-order valence-electron chi connectivity index (χ2n) is 7.09. The van der Waals surface area contributed by atoms with Gasteiger partial charge in [-0.2, -0.15) is 9.37 Å². The summed E-state index contributed by atoms with van der Waals surface area (Å²) in [6.07, 6.45) is -1.02. The minimum absolute atomic E-state index is 0.197. The molecule has 0 N–H and O–H groups in total. The van der Waals surface area contributed by atoms with E-state index >= 15 is 0 Å². The molecule has 4 rings (SSSR count). The fraction of sp³-hybridized carbons (Fsp3) is 0.217. The van der Waals surface area contributed by atoms with Crippen molar-refractivity contribution in [1.82, 2.24) is 9.37 Å². The molecule has 0 amide bonds. The van der Waals surface area contributed by atoms with E-state index in [0.717, 1.165) is 11.1 Å². The maximum absolute atomic E-state index is 13.6. The number of ether oxygens (including phenoxy) is 1. The average Bonchev–Trinajstić information content (AvgIpc) is 2.80. The van der Waals surface area contributed by atoms with E-state index in [1.54, 1.807) is 49.6 Å². The molecule has 7 heteroatoms. The van der Waals surface area contributed by atoms with Crippen LogP contribution in [0.4, 0.5) is 0 Å². The molecule has 1 saturated heterocycles. The van der Waals surface area contributed by atoms with Crippen molar-refractivity contribution in [3.05, 3.63) is 96.1 Å². The van der Waals surface area contributed by atoms with Crippen molar-refractivity contribution in [2.75, 3.05) is 20.7 Å². The van der Waals surface area contributed by atoms with Crippen molar-refractivity contribution in [2.24, 2.45) is 0 Å². The molecule has 0 unspecified atom stereocenters. The Hall–Kier alpha value is -2.71. The Kier molecular flexibility index (Phi) is 5.87. The number of nitrogens with zero attached hydrogens (tertiary/aromatic N) is 2. The van der Waals surface area contributed by atoms with Crippen molar-refractivity contribution in [1.29, 1.82) is 0 Å². The van der Waals surface area contributed by atoms with Gasteiger partial charge in [-0.05, 0) is 35.4 Å². The first-order valence-electron chi connectivity index (χ1n) is 9.66. The van der Waals surface area contributed by atoms with E-state index in [9.17, 15) is 8.42 Å².